The van der Waals surface area contributed by atoms with Crippen LogP contribution in [0.15, 0.2) is 52.2 Å². The van der Waals surface area contributed by atoms with Gasteiger partial charge in [-0.15, -0.1) is 11.8 Å². The summed E-state index contributed by atoms with van der Waals surface area (Å²) in [6.07, 6.45) is 1.95. The van der Waals surface area contributed by atoms with Gasteiger partial charge in [-0.05, 0) is 50.6 Å². The number of nitrogens with zero attached hydrogens (tertiary/aromatic N) is 1. The van der Waals surface area contributed by atoms with Gasteiger partial charge in [0.1, 0.15) is 0 Å². The SMILES string of the molecule is CSc1ccccc1NC(=O)CN(C)C(C)C(=O)Nc1ccc2[nH]c(=O)[nH]c2c1. The molecule has 0 aliphatic heterocycles. The quantitative estimate of drug-likeness (QED) is 0.445. The first-order chi connectivity index (χ1) is 13.9. The van der Waals surface area contributed by atoms with Gasteiger partial charge in [0.05, 0.1) is 29.3 Å². The lowest BCUT2D eigenvalue weighted by atomic mass is 10.2. The Kier molecular flexibility index (Phi) is 6.40. The van der Waals surface area contributed by atoms with E-state index in [0.29, 0.717) is 16.7 Å². The maximum Gasteiger partial charge on any atom is 0.323 e. The van der Waals surface area contributed by atoms with E-state index in [9.17, 15) is 14.4 Å². The summed E-state index contributed by atoms with van der Waals surface area (Å²) in [5, 5.41) is 5.70. The van der Waals surface area contributed by atoms with Crippen LogP contribution in [0.3, 0.4) is 0 Å². The van der Waals surface area contributed by atoms with Gasteiger partial charge in [-0.25, -0.2) is 4.79 Å². The molecule has 9 heteroatoms. The number of carbonyl (C=O) groups excluding carboxylic acids is 2. The van der Waals surface area contributed by atoms with Gasteiger partial charge in [-0.3, -0.25) is 14.5 Å². The molecule has 2 amide bonds. The normalized spacial score (nSPS) is 12.1. The monoisotopic (exact) mass is 413 g/mol. The molecule has 8 nitrogen and oxygen atoms in total. The highest BCUT2D eigenvalue weighted by molar-refractivity contribution is 7.98. The standard InChI is InChI=1S/C20H23N5O3S/c1-12(19(27)21-13-8-9-14-16(10-13)24-20(28)23-14)25(2)11-18(26)22-15-6-4-5-7-17(15)29-3/h4-10,12H,11H2,1-3H3,(H,21,27)(H,22,26)(H2,23,24,28). The number of fused-ring (bicyclic) bond motifs is 1. The Labute approximate surface area is 172 Å². The van der Waals surface area contributed by atoms with Crippen LogP contribution in [-0.4, -0.2) is 52.6 Å². The second-order valence-electron chi connectivity index (χ2n) is 6.67. The van der Waals surface area contributed by atoms with Gasteiger partial charge in [-0.2, -0.15) is 0 Å². The minimum Gasteiger partial charge on any atom is -0.325 e. The summed E-state index contributed by atoms with van der Waals surface area (Å²) >= 11 is 1.55. The number of aromatic nitrogens is 2. The summed E-state index contributed by atoms with van der Waals surface area (Å²) in [6.45, 7) is 1.80. The zero-order valence-corrected chi connectivity index (χ0v) is 17.2. The third-order valence-electron chi connectivity index (χ3n) is 4.60. The molecule has 0 saturated carbocycles. The number of hydrogen-bond donors (Lipinski definition) is 4. The molecule has 0 fully saturated rings. The van der Waals surface area contributed by atoms with E-state index in [1.165, 1.54) is 0 Å². The number of imidazole rings is 1. The first-order valence-electron chi connectivity index (χ1n) is 9.03. The average molecular weight is 414 g/mol. The fourth-order valence-electron chi connectivity index (χ4n) is 2.86. The lowest BCUT2D eigenvalue weighted by Gasteiger charge is -2.23. The highest BCUT2D eigenvalue weighted by Crippen LogP contribution is 2.24. The number of H-pyrrole nitrogens is 2. The highest BCUT2D eigenvalue weighted by Gasteiger charge is 2.21. The van der Waals surface area contributed by atoms with Crippen LogP contribution in [0.25, 0.3) is 11.0 Å². The van der Waals surface area contributed by atoms with Gasteiger partial charge in [0.15, 0.2) is 0 Å². The van der Waals surface area contributed by atoms with E-state index in [-0.39, 0.29) is 24.0 Å². The molecule has 1 aromatic heterocycles. The van der Waals surface area contributed by atoms with E-state index in [4.69, 9.17) is 0 Å². The Morgan fingerprint density at radius 3 is 2.59 bits per heavy atom. The number of hydrogen-bond acceptors (Lipinski definition) is 5. The van der Waals surface area contributed by atoms with Crippen LogP contribution in [0, 0.1) is 0 Å². The summed E-state index contributed by atoms with van der Waals surface area (Å²) in [7, 11) is 1.72. The molecule has 152 valence electrons. The first kappa shape index (κ1) is 20.7. The Bertz CT molecular complexity index is 1090. The van der Waals surface area contributed by atoms with Crippen LogP contribution >= 0.6 is 11.8 Å². The topological polar surface area (TPSA) is 110 Å². The molecule has 2 aromatic carbocycles. The third kappa shape index (κ3) is 5.07. The average Bonchev–Trinajstić information content (AvgIpc) is 3.06. The predicted molar refractivity (Wildman–Crippen MR) is 116 cm³/mol. The van der Waals surface area contributed by atoms with Crippen molar-refractivity contribution in [1.82, 2.24) is 14.9 Å². The van der Waals surface area contributed by atoms with Crippen LogP contribution in [0.2, 0.25) is 0 Å². The number of amides is 2. The Morgan fingerprint density at radius 1 is 1.10 bits per heavy atom. The molecule has 3 rings (SSSR count). The van der Waals surface area contributed by atoms with Crippen LogP contribution in [0.1, 0.15) is 6.92 Å². The number of aromatic amines is 2. The lowest BCUT2D eigenvalue weighted by Crippen LogP contribution is -2.43. The number of para-hydroxylation sites is 1. The lowest BCUT2D eigenvalue weighted by molar-refractivity contribution is -0.122. The molecule has 3 aromatic rings. The summed E-state index contributed by atoms with van der Waals surface area (Å²) in [5.74, 6) is -0.443. The van der Waals surface area contributed by atoms with Crippen molar-refractivity contribution in [2.45, 2.75) is 17.9 Å². The number of carbonyl (C=O) groups is 2. The third-order valence-corrected chi connectivity index (χ3v) is 5.39. The van der Waals surface area contributed by atoms with Crippen molar-refractivity contribution in [3.63, 3.8) is 0 Å². The van der Waals surface area contributed by atoms with Crippen molar-refractivity contribution >= 4 is 46.0 Å². The van der Waals surface area contributed by atoms with E-state index in [0.717, 1.165) is 10.6 Å². The highest BCUT2D eigenvalue weighted by atomic mass is 32.2. The van der Waals surface area contributed by atoms with Crippen LogP contribution < -0.4 is 16.3 Å². The molecule has 0 spiro atoms. The van der Waals surface area contributed by atoms with Gasteiger partial charge >= 0.3 is 5.69 Å². The van der Waals surface area contributed by atoms with Crippen LogP contribution in [0.5, 0.6) is 0 Å². The molecule has 0 radical (unpaired) electrons. The van der Waals surface area contributed by atoms with Crippen molar-refractivity contribution in [3.05, 3.63) is 52.9 Å². The zero-order valence-electron chi connectivity index (χ0n) is 16.4. The Morgan fingerprint density at radius 2 is 1.83 bits per heavy atom. The van der Waals surface area contributed by atoms with Crippen molar-refractivity contribution in [2.75, 3.05) is 30.5 Å². The molecule has 0 aliphatic rings. The van der Waals surface area contributed by atoms with Gasteiger partial charge in [0.25, 0.3) is 0 Å². The second-order valence-corrected chi connectivity index (χ2v) is 7.52. The smallest absolute Gasteiger partial charge is 0.323 e. The van der Waals surface area contributed by atoms with Crippen molar-refractivity contribution in [3.8, 4) is 0 Å². The zero-order chi connectivity index (χ0) is 21.0. The van der Waals surface area contributed by atoms with Gasteiger partial charge in [0, 0.05) is 10.6 Å². The summed E-state index contributed by atoms with van der Waals surface area (Å²) < 4.78 is 0. The summed E-state index contributed by atoms with van der Waals surface area (Å²) in [6, 6.07) is 12.2. The molecule has 4 N–H and O–H groups in total. The number of benzene rings is 2. The molecule has 1 heterocycles. The number of nitrogens with one attached hydrogen (secondary N) is 4. The maximum absolute atomic E-state index is 12.6. The fraction of sp³-hybridized carbons (Fsp3) is 0.250. The fourth-order valence-corrected chi connectivity index (χ4v) is 3.41. The van der Waals surface area contributed by atoms with E-state index in [1.807, 2.05) is 30.5 Å². The van der Waals surface area contributed by atoms with Crippen LogP contribution in [0.4, 0.5) is 11.4 Å². The van der Waals surface area contributed by atoms with Gasteiger partial charge < -0.3 is 20.6 Å². The largest absolute Gasteiger partial charge is 0.325 e. The minimum atomic E-state index is -0.530. The Hall–Kier alpha value is -3.04. The first-order valence-corrected chi connectivity index (χ1v) is 10.3. The number of rotatable bonds is 7. The molecule has 0 bridgehead atoms. The molecular weight excluding hydrogens is 390 g/mol. The molecule has 0 saturated heterocycles. The Balaban J connectivity index is 1.59. The second kappa shape index (κ2) is 8.97. The van der Waals surface area contributed by atoms with Gasteiger partial charge in [-0.1, -0.05) is 12.1 Å². The molecule has 29 heavy (non-hydrogen) atoms. The van der Waals surface area contributed by atoms with E-state index >= 15 is 0 Å². The molecule has 1 atom stereocenters. The van der Waals surface area contributed by atoms with Gasteiger partial charge in [0.2, 0.25) is 11.8 Å². The maximum atomic E-state index is 12.6. The number of likely N-dealkylation sites (N-methyl/N-ethyl adjacent to an activating group) is 1. The summed E-state index contributed by atoms with van der Waals surface area (Å²) in [5.41, 5.74) is 2.30. The molecular formula is C20H23N5O3S. The molecule has 0 aliphatic carbocycles. The van der Waals surface area contributed by atoms with Crippen molar-refractivity contribution < 1.29 is 9.59 Å². The predicted octanol–water partition coefficient (Wildman–Crippen LogP) is 2.48. The van der Waals surface area contributed by atoms with Crippen molar-refractivity contribution in [1.29, 1.82) is 0 Å². The summed E-state index contributed by atoms with van der Waals surface area (Å²) in [4.78, 5) is 44.3. The van der Waals surface area contributed by atoms with E-state index < -0.39 is 6.04 Å². The van der Waals surface area contributed by atoms with Crippen molar-refractivity contribution in [2.24, 2.45) is 0 Å². The van der Waals surface area contributed by atoms with E-state index in [2.05, 4.69) is 20.6 Å². The number of thioether (sulfide) groups is 1. The van der Waals surface area contributed by atoms with Crippen LogP contribution in [-0.2, 0) is 9.59 Å². The minimum absolute atomic E-state index is 0.0709. The number of anilines is 2. The molecule has 1 unspecified atom stereocenters. The van der Waals surface area contributed by atoms with E-state index in [1.54, 1.807) is 48.8 Å².